The van der Waals surface area contributed by atoms with E-state index in [1.165, 1.54) is 30.4 Å². The van der Waals surface area contributed by atoms with E-state index in [0.717, 1.165) is 12.2 Å². The molecule has 2 aromatic rings. The molecule has 100 valence electrons. The molecule has 1 heterocycles. The van der Waals surface area contributed by atoms with Gasteiger partial charge in [-0.25, -0.2) is 0 Å². The summed E-state index contributed by atoms with van der Waals surface area (Å²) >= 11 is 0. The second-order valence-corrected chi connectivity index (χ2v) is 5.30. The Morgan fingerprint density at radius 1 is 1.37 bits per heavy atom. The number of aromatic nitrogens is 2. The third-order valence-corrected chi connectivity index (χ3v) is 4.24. The maximum Gasteiger partial charge on any atom is 0.0557 e. The molecule has 1 aromatic carbocycles. The number of nitrogens with zero attached hydrogens (tertiary/aromatic N) is 2. The Hall–Kier alpha value is -1.61. The highest BCUT2D eigenvalue weighted by Crippen LogP contribution is 2.38. The summed E-state index contributed by atoms with van der Waals surface area (Å²) in [7, 11) is 0. The van der Waals surface area contributed by atoms with E-state index >= 15 is 0 Å². The molecule has 0 amide bonds. The monoisotopic (exact) mass is 255 g/mol. The van der Waals surface area contributed by atoms with Gasteiger partial charge in [0.05, 0.1) is 11.7 Å². The lowest BCUT2D eigenvalue weighted by atomic mass is 9.78. The highest BCUT2D eigenvalue weighted by molar-refractivity contribution is 5.35. The fourth-order valence-corrected chi connectivity index (χ4v) is 3.26. The molecular formula is C16H21N3. The summed E-state index contributed by atoms with van der Waals surface area (Å²) in [5.74, 6) is 0.423. The normalized spacial score (nSPS) is 20.0. The van der Waals surface area contributed by atoms with Gasteiger partial charge >= 0.3 is 0 Å². The highest BCUT2D eigenvalue weighted by Gasteiger charge is 2.27. The molecule has 0 aliphatic heterocycles. The molecule has 3 nitrogen and oxygen atoms in total. The quantitative estimate of drug-likeness (QED) is 0.916. The Morgan fingerprint density at radius 2 is 2.21 bits per heavy atom. The van der Waals surface area contributed by atoms with Crippen LogP contribution in [0.4, 0.5) is 0 Å². The van der Waals surface area contributed by atoms with Crippen LogP contribution in [0.5, 0.6) is 0 Å². The van der Waals surface area contributed by atoms with Crippen molar-refractivity contribution in [2.75, 3.05) is 0 Å². The summed E-state index contributed by atoms with van der Waals surface area (Å²) in [4.78, 5) is 0. The van der Waals surface area contributed by atoms with Crippen LogP contribution in [0.3, 0.4) is 0 Å². The smallest absolute Gasteiger partial charge is 0.0557 e. The zero-order valence-corrected chi connectivity index (χ0v) is 11.4. The number of hydrogen-bond acceptors (Lipinski definition) is 2. The number of rotatable bonds is 3. The number of fused-ring (bicyclic) bond motifs is 1. The predicted octanol–water partition coefficient (Wildman–Crippen LogP) is 3.02. The number of hydrogen-bond donors (Lipinski definition) is 1. The molecule has 0 saturated heterocycles. The van der Waals surface area contributed by atoms with Gasteiger partial charge in [-0.1, -0.05) is 24.3 Å². The van der Waals surface area contributed by atoms with E-state index in [1.54, 1.807) is 0 Å². The maximum absolute atomic E-state index is 6.54. The van der Waals surface area contributed by atoms with E-state index < -0.39 is 0 Å². The lowest BCUT2D eigenvalue weighted by Crippen LogP contribution is -2.26. The van der Waals surface area contributed by atoms with Crippen molar-refractivity contribution in [3.63, 3.8) is 0 Å². The number of nitrogens with two attached hydrogens (primary N) is 1. The first kappa shape index (κ1) is 12.4. The van der Waals surface area contributed by atoms with Crippen molar-refractivity contribution in [2.24, 2.45) is 5.73 Å². The van der Waals surface area contributed by atoms with Gasteiger partial charge in [-0.3, -0.25) is 4.68 Å². The van der Waals surface area contributed by atoms with Gasteiger partial charge < -0.3 is 5.73 Å². The van der Waals surface area contributed by atoms with Crippen molar-refractivity contribution in [3.05, 3.63) is 53.3 Å². The van der Waals surface area contributed by atoms with Crippen molar-refractivity contribution >= 4 is 0 Å². The molecule has 1 aromatic heterocycles. The van der Waals surface area contributed by atoms with Crippen molar-refractivity contribution < 1.29 is 0 Å². The predicted molar refractivity (Wildman–Crippen MR) is 77.0 cm³/mol. The second-order valence-electron chi connectivity index (χ2n) is 5.30. The molecule has 0 fully saturated rings. The zero-order chi connectivity index (χ0) is 13.2. The van der Waals surface area contributed by atoms with E-state index in [9.17, 15) is 0 Å². The Balaban J connectivity index is 1.95. The van der Waals surface area contributed by atoms with Crippen LogP contribution < -0.4 is 5.73 Å². The molecule has 2 N–H and O–H groups in total. The van der Waals surface area contributed by atoms with Gasteiger partial charge in [-0.15, -0.1) is 0 Å². The Kier molecular flexibility index (Phi) is 3.38. The topological polar surface area (TPSA) is 43.8 Å². The first-order valence-electron chi connectivity index (χ1n) is 7.16. The van der Waals surface area contributed by atoms with Gasteiger partial charge in [0.25, 0.3) is 0 Å². The molecule has 2 atom stereocenters. The molecule has 0 bridgehead atoms. The van der Waals surface area contributed by atoms with Crippen LogP contribution in [0.2, 0.25) is 0 Å². The molecule has 0 saturated carbocycles. The fraction of sp³-hybridized carbons (Fsp3) is 0.438. The molecular weight excluding hydrogens is 234 g/mol. The van der Waals surface area contributed by atoms with Gasteiger partial charge in [-0.2, -0.15) is 5.10 Å². The van der Waals surface area contributed by atoms with Gasteiger partial charge in [-0.05, 0) is 43.4 Å². The van der Waals surface area contributed by atoms with Crippen LogP contribution in [-0.4, -0.2) is 9.78 Å². The summed E-state index contributed by atoms with van der Waals surface area (Å²) in [6, 6.07) is 10.8. The van der Waals surface area contributed by atoms with E-state index in [2.05, 4.69) is 42.4 Å². The lowest BCUT2D eigenvalue weighted by molar-refractivity contribution is 0.445. The van der Waals surface area contributed by atoms with Gasteiger partial charge in [0, 0.05) is 18.7 Å². The summed E-state index contributed by atoms with van der Waals surface area (Å²) in [6.07, 6.45) is 5.45. The van der Waals surface area contributed by atoms with E-state index in [-0.39, 0.29) is 6.04 Å². The van der Waals surface area contributed by atoms with Crippen molar-refractivity contribution in [1.82, 2.24) is 9.78 Å². The Labute approximate surface area is 114 Å². The number of aryl methyl sites for hydroxylation is 2. The first-order valence-corrected chi connectivity index (χ1v) is 7.16. The van der Waals surface area contributed by atoms with Gasteiger partial charge in [0.15, 0.2) is 0 Å². The molecule has 3 rings (SSSR count). The van der Waals surface area contributed by atoms with Gasteiger partial charge in [0.2, 0.25) is 0 Å². The first-order chi connectivity index (χ1) is 9.31. The van der Waals surface area contributed by atoms with Gasteiger partial charge in [0.1, 0.15) is 0 Å². The summed E-state index contributed by atoms with van der Waals surface area (Å²) in [5, 5.41) is 4.34. The third kappa shape index (κ3) is 2.19. The van der Waals surface area contributed by atoms with Crippen LogP contribution in [0.1, 0.15) is 48.5 Å². The zero-order valence-electron chi connectivity index (χ0n) is 11.4. The van der Waals surface area contributed by atoms with E-state index in [4.69, 9.17) is 5.73 Å². The Bertz CT molecular complexity index is 559. The minimum Gasteiger partial charge on any atom is -0.322 e. The summed E-state index contributed by atoms with van der Waals surface area (Å²) in [6.45, 7) is 2.99. The highest BCUT2D eigenvalue weighted by atomic mass is 15.3. The molecule has 1 aliphatic rings. The SMILES string of the molecule is CCn1nccc1C(N)C1CCCc2ccccc21. The minimum atomic E-state index is 0.0453. The molecule has 1 aliphatic carbocycles. The lowest BCUT2D eigenvalue weighted by Gasteiger charge is -2.30. The minimum absolute atomic E-state index is 0.0453. The van der Waals surface area contributed by atoms with Crippen LogP contribution in [0.25, 0.3) is 0 Å². The van der Waals surface area contributed by atoms with E-state index in [0.29, 0.717) is 5.92 Å². The van der Waals surface area contributed by atoms with Crippen LogP contribution in [0, 0.1) is 0 Å². The van der Waals surface area contributed by atoms with Crippen molar-refractivity contribution in [2.45, 2.75) is 44.7 Å². The number of benzene rings is 1. The second kappa shape index (κ2) is 5.17. The molecule has 0 radical (unpaired) electrons. The van der Waals surface area contributed by atoms with E-state index in [1.807, 2.05) is 10.9 Å². The summed E-state index contributed by atoms with van der Waals surface area (Å²) in [5.41, 5.74) is 10.6. The van der Waals surface area contributed by atoms with Crippen molar-refractivity contribution in [1.29, 1.82) is 0 Å². The molecule has 3 heteroatoms. The van der Waals surface area contributed by atoms with Crippen molar-refractivity contribution in [3.8, 4) is 0 Å². The largest absolute Gasteiger partial charge is 0.322 e. The van der Waals surface area contributed by atoms with Crippen LogP contribution >= 0.6 is 0 Å². The van der Waals surface area contributed by atoms with Crippen LogP contribution in [-0.2, 0) is 13.0 Å². The average molecular weight is 255 g/mol. The standard InChI is InChI=1S/C16H21N3/c1-2-19-15(10-11-18-19)16(17)14-9-5-7-12-6-3-4-8-13(12)14/h3-4,6,8,10-11,14,16H,2,5,7,9,17H2,1H3. The average Bonchev–Trinajstić information content (AvgIpc) is 2.94. The molecule has 19 heavy (non-hydrogen) atoms. The summed E-state index contributed by atoms with van der Waals surface area (Å²) < 4.78 is 2.02. The third-order valence-electron chi connectivity index (χ3n) is 4.24. The Morgan fingerprint density at radius 3 is 3.05 bits per heavy atom. The maximum atomic E-state index is 6.54. The van der Waals surface area contributed by atoms with Crippen LogP contribution in [0.15, 0.2) is 36.5 Å². The molecule has 2 unspecified atom stereocenters. The molecule has 0 spiro atoms. The fourth-order valence-electron chi connectivity index (χ4n) is 3.26.